The van der Waals surface area contributed by atoms with E-state index < -0.39 is 5.97 Å². The van der Waals surface area contributed by atoms with E-state index in [0.29, 0.717) is 10.6 Å². The SMILES string of the molecule is CCOC(=O)c1c(-c2ccc(OC)cc2)csc1NC(=O)C1CC1. The second-order valence-corrected chi connectivity index (χ2v) is 6.45. The minimum Gasteiger partial charge on any atom is -0.497 e. The molecule has 1 aliphatic rings. The first-order valence-corrected chi connectivity index (χ1v) is 8.76. The van der Waals surface area contributed by atoms with E-state index in [1.165, 1.54) is 11.3 Å². The molecule has 0 bridgehead atoms. The first-order valence-electron chi connectivity index (χ1n) is 7.88. The van der Waals surface area contributed by atoms with Gasteiger partial charge in [0.1, 0.15) is 16.3 Å². The molecule has 1 aromatic carbocycles. The number of methoxy groups -OCH3 is 1. The number of rotatable bonds is 6. The van der Waals surface area contributed by atoms with Crippen molar-refractivity contribution in [1.29, 1.82) is 0 Å². The lowest BCUT2D eigenvalue weighted by molar-refractivity contribution is -0.117. The molecule has 3 rings (SSSR count). The number of benzene rings is 1. The van der Waals surface area contributed by atoms with Crippen molar-refractivity contribution in [3.63, 3.8) is 0 Å². The molecule has 0 aliphatic heterocycles. The predicted molar refractivity (Wildman–Crippen MR) is 93.6 cm³/mol. The molecule has 1 fully saturated rings. The molecule has 0 radical (unpaired) electrons. The van der Waals surface area contributed by atoms with Crippen molar-refractivity contribution in [2.75, 3.05) is 19.0 Å². The molecule has 6 heteroatoms. The minimum absolute atomic E-state index is 0.0244. The lowest BCUT2D eigenvalue weighted by Crippen LogP contribution is -2.15. The third kappa shape index (κ3) is 3.43. The Bertz CT molecular complexity index is 747. The van der Waals surface area contributed by atoms with E-state index in [4.69, 9.17) is 9.47 Å². The Morgan fingerprint density at radius 2 is 1.96 bits per heavy atom. The van der Waals surface area contributed by atoms with Crippen LogP contribution in [0.3, 0.4) is 0 Å². The molecule has 1 aromatic heterocycles. The summed E-state index contributed by atoms with van der Waals surface area (Å²) in [5, 5.41) is 5.30. The molecule has 24 heavy (non-hydrogen) atoms. The fraction of sp³-hybridized carbons (Fsp3) is 0.333. The zero-order valence-corrected chi connectivity index (χ0v) is 14.4. The smallest absolute Gasteiger partial charge is 0.341 e. The number of carbonyl (C=O) groups excluding carboxylic acids is 2. The molecular formula is C18H19NO4S. The average Bonchev–Trinajstić information content (AvgIpc) is 3.36. The first-order chi connectivity index (χ1) is 11.6. The van der Waals surface area contributed by atoms with Gasteiger partial charge in [0, 0.05) is 16.9 Å². The summed E-state index contributed by atoms with van der Waals surface area (Å²) in [7, 11) is 1.61. The van der Waals surface area contributed by atoms with Crippen LogP contribution in [-0.2, 0) is 9.53 Å². The van der Waals surface area contributed by atoms with Gasteiger partial charge in [-0.05, 0) is 37.5 Å². The van der Waals surface area contributed by atoms with Crippen molar-refractivity contribution in [2.24, 2.45) is 5.92 Å². The van der Waals surface area contributed by atoms with E-state index in [2.05, 4.69) is 5.32 Å². The Labute approximate surface area is 144 Å². The minimum atomic E-state index is -0.421. The number of thiophene rings is 1. The highest BCUT2D eigenvalue weighted by molar-refractivity contribution is 7.15. The predicted octanol–water partition coefficient (Wildman–Crippen LogP) is 3.95. The highest BCUT2D eigenvalue weighted by Gasteiger charge is 2.31. The summed E-state index contributed by atoms with van der Waals surface area (Å²) in [5.74, 6) is 0.375. The summed E-state index contributed by atoms with van der Waals surface area (Å²) in [5.41, 5.74) is 2.05. The van der Waals surface area contributed by atoms with Gasteiger partial charge in [-0.3, -0.25) is 4.79 Å². The van der Waals surface area contributed by atoms with E-state index in [-0.39, 0.29) is 18.4 Å². The van der Waals surface area contributed by atoms with E-state index in [0.717, 1.165) is 29.7 Å². The van der Waals surface area contributed by atoms with Crippen molar-refractivity contribution in [3.8, 4) is 16.9 Å². The lowest BCUT2D eigenvalue weighted by atomic mass is 10.0. The van der Waals surface area contributed by atoms with Gasteiger partial charge in [0.25, 0.3) is 0 Å². The van der Waals surface area contributed by atoms with Gasteiger partial charge in [0.2, 0.25) is 5.91 Å². The fourth-order valence-corrected chi connectivity index (χ4v) is 3.36. The molecule has 2 aromatic rings. The zero-order chi connectivity index (χ0) is 17.1. The third-order valence-corrected chi connectivity index (χ3v) is 4.75. The number of anilines is 1. The van der Waals surface area contributed by atoms with Gasteiger partial charge < -0.3 is 14.8 Å². The average molecular weight is 345 g/mol. The molecule has 0 saturated heterocycles. The second-order valence-electron chi connectivity index (χ2n) is 5.57. The van der Waals surface area contributed by atoms with Crippen molar-refractivity contribution < 1.29 is 19.1 Å². The zero-order valence-electron chi connectivity index (χ0n) is 13.6. The van der Waals surface area contributed by atoms with E-state index >= 15 is 0 Å². The van der Waals surface area contributed by atoms with Crippen LogP contribution in [0.1, 0.15) is 30.1 Å². The topological polar surface area (TPSA) is 64.6 Å². The monoisotopic (exact) mass is 345 g/mol. The molecule has 0 spiro atoms. The maximum Gasteiger partial charge on any atom is 0.341 e. The Morgan fingerprint density at radius 1 is 1.25 bits per heavy atom. The Balaban J connectivity index is 1.96. The molecule has 0 atom stereocenters. The molecule has 1 heterocycles. The maximum absolute atomic E-state index is 12.4. The largest absolute Gasteiger partial charge is 0.497 e. The van der Waals surface area contributed by atoms with E-state index in [9.17, 15) is 9.59 Å². The van der Waals surface area contributed by atoms with Crippen LogP contribution in [0.4, 0.5) is 5.00 Å². The van der Waals surface area contributed by atoms with Gasteiger partial charge in [-0.15, -0.1) is 11.3 Å². The highest BCUT2D eigenvalue weighted by Crippen LogP contribution is 2.38. The van der Waals surface area contributed by atoms with Crippen molar-refractivity contribution >= 4 is 28.2 Å². The Kier molecular flexibility index (Phi) is 4.85. The van der Waals surface area contributed by atoms with Crippen molar-refractivity contribution in [1.82, 2.24) is 0 Å². The van der Waals surface area contributed by atoms with Crippen LogP contribution in [0, 0.1) is 5.92 Å². The summed E-state index contributed by atoms with van der Waals surface area (Å²) in [6.07, 6.45) is 1.83. The quantitative estimate of drug-likeness (QED) is 0.805. The summed E-state index contributed by atoms with van der Waals surface area (Å²) < 4.78 is 10.3. The van der Waals surface area contributed by atoms with Crippen LogP contribution in [0.15, 0.2) is 29.6 Å². The lowest BCUT2D eigenvalue weighted by Gasteiger charge is -2.09. The number of nitrogens with one attached hydrogen (secondary N) is 1. The molecule has 1 N–H and O–H groups in total. The van der Waals surface area contributed by atoms with Gasteiger partial charge in [0.05, 0.1) is 13.7 Å². The van der Waals surface area contributed by atoms with Gasteiger partial charge in [-0.1, -0.05) is 12.1 Å². The molecular weight excluding hydrogens is 326 g/mol. The third-order valence-electron chi connectivity index (χ3n) is 3.86. The number of carbonyl (C=O) groups is 2. The van der Waals surface area contributed by atoms with Gasteiger partial charge >= 0.3 is 5.97 Å². The molecule has 126 valence electrons. The summed E-state index contributed by atoms with van der Waals surface area (Å²) in [6, 6.07) is 7.45. The van der Waals surface area contributed by atoms with Crippen LogP contribution in [0.5, 0.6) is 5.75 Å². The molecule has 5 nitrogen and oxygen atoms in total. The van der Waals surface area contributed by atoms with Crippen LogP contribution in [0.2, 0.25) is 0 Å². The number of hydrogen-bond donors (Lipinski definition) is 1. The molecule has 1 saturated carbocycles. The standard InChI is InChI=1S/C18H19NO4S/c1-3-23-18(21)15-14(11-6-8-13(22-2)9-7-11)10-24-17(15)19-16(20)12-4-5-12/h6-10,12H,3-5H2,1-2H3,(H,19,20). The Morgan fingerprint density at radius 3 is 2.54 bits per heavy atom. The van der Waals surface area contributed by atoms with Crippen LogP contribution in [-0.4, -0.2) is 25.6 Å². The van der Waals surface area contributed by atoms with Crippen LogP contribution < -0.4 is 10.1 Å². The normalized spacial score (nSPS) is 13.4. The number of ether oxygens (including phenoxy) is 2. The van der Waals surface area contributed by atoms with E-state index in [1.54, 1.807) is 14.0 Å². The van der Waals surface area contributed by atoms with Crippen LogP contribution >= 0.6 is 11.3 Å². The van der Waals surface area contributed by atoms with Crippen LogP contribution in [0.25, 0.3) is 11.1 Å². The Hall–Kier alpha value is -2.34. The van der Waals surface area contributed by atoms with Gasteiger partial charge in [0.15, 0.2) is 0 Å². The number of esters is 1. The van der Waals surface area contributed by atoms with E-state index in [1.807, 2.05) is 29.6 Å². The number of hydrogen-bond acceptors (Lipinski definition) is 5. The summed E-state index contributed by atoms with van der Waals surface area (Å²) >= 11 is 1.34. The number of amides is 1. The fourth-order valence-electron chi connectivity index (χ4n) is 2.40. The molecule has 1 aliphatic carbocycles. The van der Waals surface area contributed by atoms with Crippen molar-refractivity contribution in [3.05, 3.63) is 35.2 Å². The molecule has 1 amide bonds. The summed E-state index contributed by atoms with van der Waals surface area (Å²) in [4.78, 5) is 24.5. The summed E-state index contributed by atoms with van der Waals surface area (Å²) in [6.45, 7) is 2.05. The first kappa shape index (κ1) is 16.5. The van der Waals surface area contributed by atoms with Gasteiger partial charge in [-0.25, -0.2) is 4.79 Å². The second kappa shape index (κ2) is 7.05. The molecule has 0 unspecified atom stereocenters. The van der Waals surface area contributed by atoms with Gasteiger partial charge in [-0.2, -0.15) is 0 Å². The maximum atomic E-state index is 12.4. The highest BCUT2D eigenvalue weighted by atomic mass is 32.1. The van der Waals surface area contributed by atoms with Crippen molar-refractivity contribution in [2.45, 2.75) is 19.8 Å².